The number of anilines is 1. The van der Waals surface area contributed by atoms with Crippen LogP contribution in [0.3, 0.4) is 0 Å². The fourth-order valence-corrected chi connectivity index (χ4v) is 3.16. The molecule has 2 rings (SSSR count). The maximum atomic E-state index is 12.9. The summed E-state index contributed by atoms with van der Waals surface area (Å²) in [6.45, 7) is 1.56. The summed E-state index contributed by atoms with van der Waals surface area (Å²) < 4.78 is 38.7. The van der Waals surface area contributed by atoms with E-state index in [1.807, 2.05) is 0 Å². The van der Waals surface area contributed by atoms with Crippen LogP contribution >= 0.6 is 0 Å². The first-order chi connectivity index (χ1) is 12.3. The van der Waals surface area contributed by atoms with E-state index in [2.05, 4.69) is 20.9 Å². The lowest BCUT2D eigenvalue weighted by Crippen LogP contribution is -2.50. The zero-order valence-electron chi connectivity index (χ0n) is 14.5. The number of halogens is 3. The Hall–Kier alpha value is -2.32. The number of aromatic nitrogens is 1. The minimum atomic E-state index is -4.50. The highest BCUT2D eigenvalue weighted by Crippen LogP contribution is 2.33. The number of alkyl halides is 3. The van der Waals surface area contributed by atoms with E-state index in [4.69, 9.17) is 0 Å². The van der Waals surface area contributed by atoms with Gasteiger partial charge in [-0.15, -0.1) is 0 Å². The van der Waals surface area contributed by atoms with Crippen molar-refractivity contribution in [3.8, 4) is 0 Å². The monoisotopic (exact) mass is 372 g/mol. The molecule has 6 nitrogen and oxygen atoms in total. The lowest BCUT2D eigenvalue weighted by Gasteiger charge is -2.23. The van der Waals surface area contributed by atoms with Crippen LogP contribution in [0.4, 0.5) is 19.0 Å². The fraction of sp³-hybridized carbons (Fsp3) is 0.588. The van der Waals surface area contributed by atoms with Gasteiger partial charge in [0, 0.05) is 26.2 Å². The molecule has 0 spiro atoms. The molecule has 0 aromatic carbocycles. The normalized spacial score (nSPS) is 16.2. The highest BCUT2D eigenvalue weighted by Gasteiger charge is 2.34. The SMILES string of the molecule is CC(=O)NC(C(=O)NCCNc1ncccc1C(F)(F)F)C1CCCC1. The second kappa shape index (κ2) is 8.86. The van der Waals surface area contributed by atoms with Crippen LogP contribution in [-0.4, -0.2) is 35.9 Å². The molecular formula is C17H23F3N4O2. The van der Waals surface area contributed by atoms with Crippen molar-refractivity contribution in [1.82, 2.24) is 15.6 Å². The van der Waals surface area contributed by atoms with Crippen molar-refractivity contribution >= 4 is 17.6 Å². The molecule has 2 amide bonds. The van der Waals surface area contributed by atoms with E-state index >= 15 is 0 Å². The van der Waals surface area contributed by atoms with Gasteiger partial charge in [0.15, 0.2) is 0 Å². The molecule has 1 aromatic rings. The minimum Gasteiger partial charge on any atom is -0.368 e. The number of hydrogen-bond acceptors (Lipinski definition) is 4. The van der Waals surface area contributed by atoms with Crippen molar-refractivity contribution in [2.45, 2.75) is 44.8 Å². The van der Waals surface area contributed by atoms with E-state index in [1.54, 1.807) is 0 Å². The van der Waals surface area contributed by atoms with Gasteiger partial charge in [0.2, 0.25) is 11.8 Å². The number of hydrogen-bond donors (Lipinski definition) is 3. The zero-order valence-corrected chi connectivity index (χ0v) is 14.5. The molecular weight excluding hydrogens is 349 g/mol. The van der Waals surface area contributed by atoms with E-state index in [-0.39, 0.29) is 36.6 Å². The summed E-state index contributed by atoms with van der Waals surface area (Å²) in [7, 11) is 0. The Bertz CT molecular complexity index is 631. The third-order valence-corrected chi connectivity index (χ3v) is 4.34. The van der Waals surface area contributed by atoms with Crippen LogP contribution in [-0.2, 0) is 15.8 Å². The second-order valence-corrected chi connectivity index (χ2v) is 6.34. The predicted octanol–water partition coefficient (Wildman–Crippen LogP) is 2.32. The molecule has 1 fully saturated rings. The van der Waals surface area contributed by atoms with Gasteiger partial charge in [-0.25, -0.2) is 4.98 Å². The Morgan fingerprint density at radius 2 is 1.96 bits per heavy atom. The van der Waals surface area contributed by atoms with E-state index in [0.29, 0.717) is 0 Å². The van der Waals surface area contributed by atoms with Crippen LogP contribution in [0.1, 0.15) is 38.2 Å². The Kier molecular flexibility index (Phi) is 6.82. The lowest BCUT2D eigenvalue weighted by molar-refractivity contribution is -0.137. The van der Waals surface area contributed by atoms with Gasteiger partial charge in [0.05, 0.1) is 5.56 Å². The van der Waals surface area contributed by atoms with E-state index in [0.717, 1.165) is 31.7 Å². The maximum absolute atomic E-state index is 12.9. The molecule has 26 heavy (non-hydrogen) atoms. The standard InChI is InChI=1S/C17H23F3N4O2/c1-11(25)24-14(12-5-2-3-6-12)16(26)23-10-9-22-15-13(17(18,19)20)7-4-8-21-15/h4,7-8,12,14H,2-3,5-6,9-10H2,1H3,(H,21,22)(H,23,26)(H,24,25). The zero-order chi connectivity index (χ0) is 19.2. The molecule has 1 unspecified atom stereocenters. The van der Waals surface area contributed by atoms with E-state index in [9.17, 15) is 22.8 Å². The highest BCUT2D eigenvalue weighted by atomic mass is 19.4. The first-order valence-corrected chi connectivity index (χ1v) is 8.60. The molecule has 0 aliphatic heterocycles. The second-order valence-electron chi connectivity index (χ2n) is 6.34. The van der Waals surface area contributed by atoms with Gasteiger partial charge >= 0.3 is 6.18 Å². The molecule has 0 radical (unpaired) electrons. The average Bonchev–Trinajstić information content (AvgIpc) is 3.10. The van der Waals surface area contributed by atoms with Crippen LogP contribution in [0, 0.1) is 5.92 Å². The molecule has 1 aliphatic carbocycles. The first-order valence-electron chi connectivity index (χ1n) is 8.60. The summed E-state index contributed by atoms with van der Waals surface area (Å²) in [6.07, 6.45) is 0.561. The molecule has 1 heterocycles. The Labute approximate surface area is 149 Å². The topological polar surface area (TPSA) is 83.1 Å². The van der Waals surface area contributed by atoms with Crippen LogP contribution in [0.2, 0.25) is 0 Å². The van der Waals surface area contributed by atoms with Crippen LogP contribution in [0.5, 0.6) is 0 Å². The number of carbonyl (C=O) groups excluding carboxylic acids is 2. The van der Waals surface area contributed by atoms with Gasteiger partial charge in [-0.05, 0) is 30.9 Å². The summed E-state index contributed by atoms with van der Waals surface area (Å²) in [5, 5.41) is 7.94. The summed E-state index contributed by atoms with van der Waals surface area (Å²) >= 11 is 0. The third kappa shape index (κ3) is 5.60. The molecule has 9 heteroatoms. The van der Waals surface area contributed by atoms with Crippen LogP contribution in [0.15, 0.2) is 18.3 Å². The fourth-order valence-electron chi connectivity index (χ4n) is 3.16. The van der Waals surface area contributed by atoms with Gasteiger partial charge in [-0.3, -0.25) is 9.59 Å². The Morgan fingerprint density at radius 3 is 2.58 bits per heavy atom. The molecule has 144 valence electrons. The number of pyridine rings is 1. The molecule has 1 atom stereocenters. The Balaban J connectivity index is 1.86. The number of amides is 2. The van der Waals surface area contributed by atoms with Crippen molar-refractivity contribution in [1.29, 1.82) is 0 Å². The van der Waals surface area contributed by atoms with Crippen molar-refractivity contribution in [3.05, 3.63) is 23.9 Å². The summed E-state index contributed by atoms with van der Waals surface area (Å²) in [5.74, 6) is -0.771. The number of rotatable bonds is 7. The van der Waals surface area contributed by atoms with Crippen LogP contribution < -0.4 is 16.0 Å². The van der Waals surface area contributed by atoms with Gasteiger partial charge in [-0.1, -0.05) is 12.8 Å². The van der Waals surface area contributed by atoms with Gasteiger partial charge in [0.25, 0.3) is 0 Å². The maximum Gasteiger partial charge on any atom is 0.419 e. The molecule has 1 saturated carbocycles. The smallest absolute Gasteiger partial charge is 0.368 e. The van der Waals surface area contributed by atoms with Gasteiger partial charge in [-0.2, -0.15) is 13.2 Å². The average molecular weight is 372 g/mol. The van der Waals surface area contributed by atoms with E-state index < -0.39 is 17.8 Å². The number of nitrogens with one attached hydrogen (secondary N) is 3. The molecule has 0 bridgehead atoms. The number of nitrogens with zero attached hydrogens (tertiary/aromatic N) is 1. The molecule has 3 N–H and O–H groups in total. The van der Waals surface area contributed by atoms with Crippen molar-refractivity contribution in [2.75, 3.05) is 18.4 Å². The van der Waals surface area contributed by atoms with Crippen molar-refractivity contribution in [2.24, 2.45) is 5.92 Å². The molecule has 0 saturated heterocycles. The van der Waals surface area contributed by atoms with Gasteiger partial charge < -0.3 is 16.0 Å². The third-order valence-electron chi connectivity index (χ3n) is 4.34. The predicted molar refractivity (Wildman–Crippen MR) is 90.3 cm³/mol. The first kappa shape index (κ1) is 20.0. The highest BCUT2D eigenvalue weighted by molar-refractivity contribution is 5.87. The molecule has 1 aliphatic rings. The van der Waals surface area contributed by atoms with Crippen LogP contribution in [0.25, 0.3) is 0 Å². The summed E-state index contributed by atoms with van der Waals surface area (Å²) in [6, 6.07) is 1.56. The minimum absolute atomic E-state index is 0.0866. The summed E-state index contributed by atoms with van der Waals surface area (Å²) in [5.41, 5.74) is -0.853. The lowest BCUT2D eigenvalue weighted by atomic mass is 9.97. The van der Waals surface area contributed by atoms with Gasteiger partial charge in [0.1, 0.15) is 11.9 Å². The Morgan fingerprint density at radius 1 is 1.27 bits per heavy atom. The van der Waals surface area contributed by atoms with Crippen molar-refractivity contribution in [3.63, 3.8) is 0 Å². The largest absolute Gasteiger partial charge is 0.419 e. The van der Waals surface area contributed by atoms with E-state index in [1.165, 1.54) is 19.2 Å². The number of carbonyl (C=O) groups is 2. The van der Waals surface area contributed by atoms with Crippen molar-refractivity contribution < 1.29 is 22.8 Å². The molecule has 1 aromatic heterocycles. The summed E-state index contributed by atoms with van der Waals surface area (Å²) in [4.78, 5) is 27.4. The quantitative estimate of drug-likeness (QED) is 0.642.